The van der Waals surface area contributed by atoms with Gasteiger partial charge in [0.15, 0.2) is 6.61 Å². The number of aliphatic carboxylic acids is 1. The summed E-state index contributed by atoms with van der Waals surface area (Å²) in [5.41, 5.74) is 0.117. The lowest BCUT2D eigenvalue weighted by molar-refractivity contribution is -0.148. The van der Waals surface area contributed by atoms with Crippen LogP contribution in [0.25, 0.3) is 0 Å². The number of rotatable bonds is 6. The minimum atomic E-state index is -4.30. The molecule has 25 heavy (non-hydrogen) atoms. The Hall–Kier alpha value is -2.39. The lowest BCUT2D eigenvalue weighted by Gasteiger charge is -2.23. The van der Waals surface area contributed by atoms with Crippen LogP contribution in [0.1, 0.15) is 23.7 Å². The number of ether oxygens (including phenoxy) is 1. The monoisotopic (exact) mass is 364 g/mol. The van der Waals surface area contributed by atoms with Gasteiger partial charge in [0, 0.05) is 24.8 Å². The molecule has 10 heteroatoms. The molecule has 0 aromatic carbocycles. The Morgan fingerprint density at radius 3 is 2.60 bits per heavy atom. The van der Waals surface area contributed by atoms with Gasteiger partial charge in [-0.05, 0) is 19.4 Å². The topological polar surface area (TPSA) is 79.7 Å². The molecule has 6 nitrogen and oxygen atoms in total. The van der Waals surface area contributed by atoms with E-state index in [0.29, 0.717) is 6.42 Å². The van der Waals surface area contributed by atoms with Crippen molar-refractivity contribution in [2.45, 2.75) is 31.7 Å². The van der Waals surface area contributed by atoms with Crippen LogP contribution in [-0.4, -0.2) is 58.4 Å². The Bertz CT molecular complexity index is 639. The molecular weight excluding hydrogens is 348 g/mol. The Morgan fingerprint density at radius 2 is 2.12 bits per heavy atom. The van der Waals surface area contributed by atoms with Crippen molar-refractivity contribution in [2.24, 2.45) is 5.92 Å². The SMILES string of the molecule is CC1C(C(=O)O)CCN1C(=O)c1ccc(OCC(F)(F)C(F)F)nc1. The predicted molar refractivity (Wildman–Crippen MR) is 76.9 cm³/mol. The van der Waals surface area contributed by atoms with Crippen molar-refractivity contribution in [3.05, 3.63) is 23.9 Å². The molecule has 1 aromatic rings. The van der Waals surface area contributed by atoms with E-state index in [0.717, 1.165) is 12.3 Å². The van der Waals surface area contributed by atoms with E-state index in [1.807, 2.05) is 0 Å². The lowest BCUT2D eigenvalue weighted by Crippen LogP contribution is -2.37. The number of pyridine rings is 1. The summed E-state index contributed by atoms with van der Waals surface area (Å²) in [6, 6.07) is 1.88. The number of aromatic nitrogens is 1. The van der Waals surface area contributed by atoms with E-state index in [9.17, 15) is 27.2 Å². The molecule has 1 amide bonds. The molecule has 2 rings (SSSR count). The highest BCUT2D eigenvalue weighted by atomic mass is 19.3. The maximum atomic E-state index is 12.8. The smallest absolute Gasteiger partial charge is 0.340 e. The number of amides is 1. The lowest BCUT2D eigenvalue weighted by atomic mass is 10.0. The van der Waals surface area contributed by atoms with Crippen molar-refractivity contribution in [2.75, 3.05) is 13.2 Å². The predicted octanol–water partition coefficient (Wildman–Crippen LogP) is 2.30. The fraction of sp³-hybridized carbons (Fsp3) is 0.533. The van der Waals surface area contributed by atoms with Crippen LogP contribution >= 0.6 is 0 Å². The van der Waals surface area contributed by atoms with Crippen molar-refractivity contribution >= 4 is 11.9 Å². The van der Waals surface area contributed by atoms with E-state index in [1.165, 1.54) is 11.0 Å². The number of hydrogen-bond donors (Lipinski definition) is 1. The van der Waals surface area contributed by atoms with Gasteiger partial charge in [-0.25, -0.2) is 13.8 Å². The fourth-order valence-electron chi connectivity index (χ4n) is 2.55. The third-order valence-electron chi connectivity index (χ3n) is 4.05. The highest BCUT2D eigenvalue weighted by molar-refractivity contribution is 5.94. The first-order chi connectivity index (χ1) is 11.6. The molecule has 0 radical (unpaired) electrons. The maximum absolute atomic E-state index is 12.8. The van der Waals surface area contributed by atoms with Crippen molar-refractivity contribution in [1.82, 2.24) is 9.88 Å². The summed E-state index contributed by atoms with van der Waals surface area (Å²) in [5, 5.41) is 9.07. The van der Waals surface area contributed by atoms with Crippen LogP contribution in [0.2, 0.25) is 0 Å². The average molecular weight is 364 g/mol. The second-order valence-electron chi connectivity index (χ2n) is 5.71. The number of carboxylic acids is 1. The van der Waals surface area contributed by atoms with E-state index in [2.05, 4.69) is 9.72 Å². The van der Waals surface area contributed by atoms with Gasteiger partial charge in [-0.3, -0.25) is 9.59 Å². The molecule has 1 fully saturated rings. The Kier molecular flexibility index (Phi) is 5.48. The number of halogens is 4. The van der Waals surface area contributed by atoms with Gasteiger partial charge in [0.2, 0.25) is 5.88 Å². The molecule has 138 valence electrons. The molecule has 2 heterocycles. The number of alkyl halides is 4. The minimum Gasteiger partial charge on any atom is -0.481 e. The quantitative estimate of drug-likeness (QED) is 0.784. The third-order valence-corrected chi connectivity index (χ3v) is 4.05. The third kappa shape index (κ3) is 4.18. The number of likely N-dealkylation sites (tertiary alicyclic amines) is 1. The molecular formula is C15H16F4N2O4. The summed E-state index contributed by atoms with van der Waals surface area (Å²) in [6.45, 7) is 0.366. The summed E-state index contributed by atoms with van der Waals surface area (Å²) < 4.78 is 54.2. The normalized spacial score (nSPS) is 20.8. The van der Waals surface area contributed by atoms with Crippen LogP contribution in [0.5, 0.6) is 5.88 Å². The summed E-state index contributed by atoms with van der Waals surface area (Å²) >= 11 is 0. The van der Waals surface area contributed by atoms with Crippen molar-refractivity contribution in [3.63, 3.8) is 0 Å². The van der Waals surface area contributed by atoms with Crippen LogP contribution in [0.3, 0.4) is 0 Å². The first-order valence-corrected chi connectivity index (χ1v) is 7.42. The molecule has 1 aliphatic heterocycles. The Balaban J connectivity index is 2.00. The summed E-state index contributed by atoms with van der Waals surface area (Å²) in [4.78, 5) is 28.5. The molecule has 1 aromatic heterocycles. The molecule has 0 aliphatic carbocycles. The average Bonchev–Trinajstić information content (AvgIpc) is 2.94. The van der Waals surface area contributed by atoms with Crippen LogP contribution in [0.4, 0.5) is 17.6 Å². The van der Waals surface area contributed by atoms with E-state index in [1.54, 1.807) is 6.92 Å². The largest absolute Gasteiger partial charge is 0.481 e. The van der Waals surface area contributed by atoms with E-state index in [-0.39, 0.29) is 18.0 Å². The zero-order valence-corrected chi connectivity index (χ0v) is 13.2. The first-order valence-electron chi connectivity index (χ1n) is 7.42. The second kappa shape index (κ2) is 7.24. The molecule has 1 N–H and O–H groups in total. The van der Waals surface area contributed by atoms with Crippen molar-refractivity contribution < 1.29 is 37.0 Å². The Labute approximate surface area is 140 Å². The zero-order valence-electron chi connectivity index (χ0n) is 13.2. The minimum absolute atomic E-state index is 0.117. The highest BCUT2D eigenvalue weighted by Crippen LogP contribution is 2.27. The molecule has 2 atom stereocenters. The number of carboxylic acid groups (broad SMARTS) is 1. The van der Waals surface area contributed by atoms with Gasteiger partial charge in [-0.2, -0.15) is 8.78 Å². The van der Waals surface area contributed by atoms with Crippen LogP contribution in [0.15, 0.2) is 18.3 Å². The maximum Gasteiger partial charge on any atom is 0.340 e. The van der Waals surface area contributed by atoms with Gasteiger partial charge < -0.3 is 14.7 Å². The molecule has 1 saturated heterocycles. The second-order valence-corrected chi connectivity index (χ2v) is 5.71. The van der Waals surface area contributed by atoms with Crippen LogP contribution in [-0.2, 0) is 4.79 Å². The molecule has 0 bridgehead atoms. The first kappa shape index (κ1) is 18.9. The van der Waals surface area contributed by atoms with Gasteiger partial charge in [-0.15, -0.1) is 0 Å². The molecule has 2 unspecified atom stereocenters. The number of carbonyl (C=O) groups excluding carboxylic acids is 1. The number of hydrogen-bond acceptors (Lipinski definition) is 4. The zero-order chi connectivity index (χ0) is 18.8. The van der Waals surface area contributed by atoms with E-state index >= 15 is 0 Å². The summed E-state index contributed by atoms with van der Waals surface area (Å²) in [7, 11) is 0. The molecule has 1 aliphatic rings. The fourth-order valence-corrected chi connectivity index (χ4v) is 2.55. The number of carbonyl (C=O) groups is 2. The molecule has 0 saturated carbocycles. The molecule has 0 spiro atoms. The number of nitrogens with zero attached hydrogens (tertiary/aromatic N) is 2. The van der Waals surface area contributed by atoms with E-state index < -0.39 is 42.8 Å². The van der Waals surface area contributed by atoms with Crippen molar-refractivity contribution in [3.8, 4) is 5.88 Å². The van der Waals surface area contributed by atoms with Crippen molar-refractivity contribution in [1.29, 1.82) is 0 Å². The summed E-state index contributed by atoms with van der Waals surface area (Å²) in [6.07, 6.45) is -2.45. The van der Waals surface area contributed by atoms with Gasteiger partial charge in [-0.1, -0.05) is 0 Å². The summed E-state index contributed by atoms with van der Waals surface area (Å²) in [5.74, 6) is -6.71. The van der Waals surface area contributed by atoms with Gasteiger partial charge in [0.05, 0.1) is 11.5 Å². The highest BCUT2D eigenvalue weighted by Gasteiger charge is 2.42. The van der Waals surface area contributed by atoms with Gasteiger partial charge in [0.25, 0.3) is 5.91 Å². The van der Waals surface area contributed by atoms with Crippen LogP contribution in [0, 0.1) is 5.92 Å². The van der Waals surface area contributed by atoms with Gasteiger partial charge in [0.1, 0.15) is 0 Å². The standard InChI is InChI=1S/C15H16F4N2O4/c1-8-10(13(23)24)4-5-21(8)12(22)9-2-3-11(20-6-9)25-7-15(18,19)14(16)17/h2-3,6,8,10,14H,4-5,7H2,1H3,(H,23,24). The van der Waals surface area contributed by atoms with E-state index in [4.69, 9.17) is 5.11 Å². The van der Waals surface area contributed by atoms with Gasteiger partial charge >= 0.3 is 18.3 Å². The van der Waals surface area contributed by atoms with Crippen LogP contribution < -0.4 is 4.74 Å². The Morgan fingerprint density at radius 1 is 1.44 bits per heavy atom.